The highest BCUT2D eigenvalue weighted by atomic mass is 127. The maximum Gasteiger partial charge on any atom is 0.253 e. The third-order valence-electron chi connectivity index (χ3n) is 3.11. The highest BCUT2D eigenvalue weighted by Gasteiger charge is 2.22. The Kier molecular flexibility index (Phi) is 4.76. The maximum atomic E-state index is 12.3. The number of halogens is 1. The second-order valence-corrected chi connectivity index (χ2v) is 5.79. The van der Waals surface area contributed by atoms with E-state index in [4.69, 9.17) is 5.73 Å². The van der Waals surface area contributed by atoms with Gasteiger partial charge in [-0.15, -0.1) is 0 Å². The van der Waals surface area contributed by atoms with E-state index in [0.717, 1.165) is 9.13 Å². The molecule has 19 heavy (non-hydrogen) atoms. The SMILES string of the molecule is NC(=O)CN1CCN(C(=O)c2cccc(I)c2)CC1. The molecule has 1 aromatic rings. The summed E-state index contributed by atoms with van der Waals surface area (Å²) >= 11 is 2.20. The van der Waals surface area contributed by atoms with Crippen LogP contribution in [0, 0.1) is 3.57 Å². The van der Waals surface area contributed by atoms with Crippen LogP contribution in [-0.4, -0.2) is 54.3 Å². The van der Waals surface area contributed by atoms with Crippen molar-refractivity contribution in [1.29, 1.82) is 0 Å². The first kappa shape index (κ1) is 14.3. The summed E-state index contributed by atoms with van der Waals surface area (Å²) in [5.74, 6) is -0.269. The van der Waals surface area contributed by atoms with Gasteiger partial charge in [0.05, 0.1) is 6.54 Å². The molecular weight excluding hydrogens is 357 g/mol. The van der Waals surface area contributed by atoms with Gasteiger partial charge in [-0.3, -0.25) is 14.5 Å². The number of piperazine rings is 1. The van der Waals surface area contributed by atoms with Gasteiger partial charge in [0.1, 0.15) is 0 Å². The quantitative estimate of drug-likeness (QED) is 0.787. The Labute approximate surface area is 125 Å². The van der Waals surface area contributed by atoms with Crippen LogP contribution in [0.1, 0.15) is 10.4 Å². The molecule has 0 aliphatic carbocycles. The molecule has 1 saturated heterocycles. The summed E-state index contributed by atoms with van der Waals surface area (Å²) in [6, 6.07) is 7.57. The van der Waals surface area contributed by atoms with Crippen LogP contribution in [0.2, 0.25) is 0 Å². The Balaban J connectivity index is 1.94. The first-order valence-corrected chi connectivity index (χ1v) is 7.19. The van der Waals surface area contributed by atoms with E-state index >= 15 is 0 Å². The normalized spacial score (nSPS) is 16.4. The van der Waals surface area contributed by atoms with E-state index in [-0.39, 0.29) is 18.4 Å². The van der Waals surface area contributed by atoms with Crippen LogP contribution in [0.4, 0.5) is 0 Å². The van der Waals surface area contributed by atoms with E-state index < -0.39 is 0 Å². The van der Waals surface area contributed by atoms with Crippen molar-refractivity contribution < 1.29 is 9.59 Å². The van der Waals surface area contributed by atoms with Crippen molar-refractivity contribution in [2.75, 3.05) is 32.7 Å². The highest BCUT2D eigenvalue weighted by Crippen LogP contribution is 2.12. The summed E-state index contributed by atoms with van der Waals surface area (Å²) in [6.45, 7) is 2.93. The molecular formula is C13H16IN3O2. The molecule has 0 radical (unpaired) electrons. The fraction of sp³-hybridized carbons (Fsp3) is 0.385. The third-order valence-corrected chi connectivity index (χ3v) is 3.78. The zero-order valence-electron chi connectivity index (χ0n) is 10.5. The molecule has 0 atom stereocenters. The minimum Gasteiger partial charge on any atom is -0.369 e. The number of benzene rings is 1. The molecule has 0 bridgehead atoms. The molecule has 2 N–H and O–H groups in total. The van der Waals surface area contributed by atoms with Gasteiger partial charge in [-0.1, -0.05) is 6.07 Å². The van der Waals surface area contributed by atoms with Crippen molar-refractivity contribution in [3.8, 4) is 0 Å². The van der Waals surface area contributed by atoms with E-state index in [9.17, 15) is 9.59 Å². The van der Waals surface area contributed by atoms with Crippen molar-refractivity contribution in [2.24, 2.45) is 5.73 Å². The number of nitrogens with zero attached hydrogens (tertiary/aromatic N) is 2. The average Bonchev–Trinajstić information content (AvgIpc) is 2.38. The van der Waals surface area contributed by atoms with Crippen LogP contribution < -0.4 is 5.73 Å². The minimum atomic E-state index is -0.322. The summed E-state index contributed by atoms with van der Waals surface area (Å²) in [5.41, 5.74) is 5.88. The number of hydrogen-bond donors (Lipinski definition) is 1. The van der Waals surface area contributed by atoms with Gasteiger partial charge in [-0.25, -0.2) is 0 Å². The number of nitrogens with two attached hydrogens (primary N) is 1. The molecule has 1 fully saturated rings. The van der Waals surface area contributed by atoms with Crippen LogP contribution in [0.25, 0.3) is 0 Å². The van der Waals surface area contributed by atoms with Crippen molar-refractivity contribution >= 4 is 34.4 Å². The number of amides is 2. The van der Waals surface area contributed by atoms with Crippen LogP contribution in [0.5, 0.6) is 0 Å². The summed E-state index contributed by atoms with van der Waals surface area (Å²) in [6.07, 6.45) is 0. The van der Waals surface area contributed by atoms with Gasteiger partial charge in [-0.05, 0) is 40.8 Å². The Morgan fingerprint density at radius 2 is 1.89 bits per heavy atom. The first-order valence-electron chi connectivity index (χ1n) is 6.12. The Hall–Kier alpha value is -1.15. The second-order valence-electron chi connectivity index (χ2n) is 4.55. The van der Waals surface area contributed by atoms with Gasteiger partial charge >= 0.3 is 0 Å². The Bertz CT molecular complexity index is 485. The molecule has 0 spiro atoms. The standard InChI is InChI=1S/C13H16IN3O2/c14-11-3-1-2-10(8-11)13(19)17-6-4-16(5-7-17)9-12(15)18/h1-3,8H,4-7,9H2,(H2,15,18). The van der Waals surface area contributed by atoms with Crippen LogP contribution in [0.3, 0.4) is 0 Å². The number of hydrogen-bond acceptors (Lipinski definition) is 3. The van der Waals surface area contributed by atoms with Gasteiger partial charge in [-0.2, -0.15) is 0 Å². The molecule has 1 aliphatic rings. The lowest BCUT2D eigenvalue weighted by Crippen LogP contribution is -2.50. The second kappa shape index (κ2) is 6.33. The molecule has 0 unspecified atom stereocenters. The van der Waals surface area contributed by atoms with E-state index in [2.05, 4.69) is 22.6 Å². The van der Waals surface area contributed by atoms with E-state index in [0.29, 0.717) is 26.2 Å². The topological polar surface area (TPSA) is 66.6 Å². The monoisotopic (exact) mass is 373 g/mol. The molecule has 5 nitrogen and oxygen atoms in total. The molecule has 6 heteroatoms. The number of carbonyl (C=O) groups is 2. The Morgan fingerprint density at radius 3 is 2.47 bits per heavy atom. The van der Waals surface area contributed by atoms with Crippen LogP contribution in [-0.2, 0) is 4.79 Å². The lowest BCUT2D eigenvalue weighted by Gasteiger charge is -2.34. The summed E-state index contributed by atoms with van der Waals surface area (Å²) in [4.78, 5) is 26.9. The maximum absolute atomic E-state index is 12.3. The summed E-state index contributed by atoms with van der Waals surface area (Å²) in [5, 5.41) is 0. The highest BCUT2D eigenvalue weighted by molar-refractivity contribution is 14.1. The van der Waals surface area contributed by atoms with Crippen molar-refractivity contribution in [3.63, 3.8) is 0 Å². The number of carbonyl (C=O) groups excluding carboxylic acids is 2. The van der Waals surface area contributed by atoms with Gasteiger partial charge < -0.3 is 10.6 Å². The molecule has 1 aliphatic heterocycles. The zero-order valence-corrected chi connectivity index (χ0v) is 12.7. The minimum absolute atomic E-state index is 0.0530. The number of primary amides is 1. The molecule has 2 amide bonds. The fourth-order valence-corrected chi connectivity index (χ4v) is 2.68. The van der Waals surface area contributed by atoms with Crippen molar-refractivity contribution in [3.05, 3.63) is 33.4 Å². The fourth-order valence-electron chi connectivity index (χ4n) is 2.13. The zero-order chi connectivity index (χ0) is 13.8. The molecule has 2 rings (SSSR count). The van der Waals surface area contributed by atoms with Gasteiger partial charge in [0.25, 0.3) is 5.91 Å². The van der Waals surface area contributed by atoms with Crippen LogP contribution >= 0.6 is 22.6 Å². The number of rotatable bonds is 3. The van der Waals surface area contributed by atoms with Gasteiger partial charge in [0.2, 0.25) is 5.91 Å². The Morgan fingerprint density at radius 1 is 1.21 bits per heavy atom. The molecule has 1 heterocycles. The van der Waals surface area contributed by atoms with E-state index in [1.807, 2.05) is 34.1 Å². The third kappa shape index (κ3) is 3.90. The van der Waals surface area contributed by atoms with Crippen LogP contribution in [0.15, 0.2) is 24.3 Å². The smallest absolute Gasteiger partial charge is 0.253 e. The molecule has 1 aromatic carbocycles. The summed E-state index contributed by atoms with van der Waals surface area (Å²) < 4.78 is 1.05. The van der Waals surface area contributed by atoms with E-state index in [1.54, 1.807) is 0 Å². The van der Waals surface area contributed by atoms with Gasteiger partial charge in [0.15, 0.2) is 0 Å². The average molecular weight is 373 g/mol. The lowest BCUT2D eigenvalue weighted by molar-refractivity contribution is -0.119. The lowest BCUT2D eigenvalue weighted by atomic mass is 10.2. The van der Waals surface area contributed by atoms with Crippen molar-refractivity contribution in [1.82, 2.24) is 9.80 Å². The molecule has 102 valence electrons. The predicted octanol–water partition coefficient (Wildman–Crippen LogP) is 0.534. The predicted molar refractivity (Wildman–Crippen MR) is 80.7 cm³/mol. The summed E-state index contributed by atoms with van der Waals surface area (Å²) in [7, 11) is 0. The first-order chi connectivity index (χ1) is 9.06. The molecule has 0 saturated carbocycles. The van der Waals surface area contributed by atoms with E-state index in [1.165, 1.54) is 0 Å². The molecule has 0 aromatic heterocycles. The largest absolute Gasteiger partial charge is 0.369 e. The van der Waals surface area contributed by atoms with Gasteiger partial charge in [0, 0.05) is 35.3 Å². The van der Waals surface area contributed by atoms with Crippen molar-refractivity contribution in [2.45, 2.75) is 0 Å².